The van der Waals surface area contributed by atoms with Crippen molar-refractivity contribution in [1.82, 2.24) is 5.32 Å². The Morgan fingerprint density at radius 3 is 2.84 bits per heavy atom. The van der Waals surface area contributed by atoms with Gasteiger partial charge in [-0.25, -0.2) is 0 Å². The number of nitrogens with one attached hydrogen (secondary N) is 1. The summed E-state index contributed by atoms with van der Waals surface area (Å²) >= 11 is 1.87. The molecule has 0 aliphatic heterocycles. The van der Waals surface area contributed by atoms with E-state index in [1.807, 2.05) is 11.3 Å². The molecule has 0 aliphatic rings. The molecular formula is C16H29NOS. The summed E-state index contributed by atoms with van der Waals surface area (Å²) < 4.78 is 5.20. The van der Waals surface area contributed by atoms with Crippen LogP contribution in [0.3, 0.4) is 0 Å². The second-order valence-electron chi connectivity index (χ2n) is 5.29. The summed E-state index contributed by atoms with van der Waals surface area (Å²) in [7, 11) is 1.79. The molecule has 0 fully saturated rings. The minimum Gasteiger partial charge on any atom is -0.385 e. The van der Waals surface area contributed by atoms with E-state index in [9.17, 15) is 0 Å². The molecule has 110 valence electrons. The number of hydrogen-bond acceptors (Lipinski definition) is 3. The van der Waals surface area contributed by atoms with Crippen LogP contribution in [0, 0.1) is 5.92 Å². The largest absolute Gasteiger partial charge is 0.385 e. The van der Waals surface area contributed by atoms with E-state index < -0.39 is 0 Å². The van der Waals surface area contributed by atoms with Gasteiger partial charge in [0, 0.05) is 24.6 Å². The molecule has 2 unspecified atom stereocenters. The van der Waals surface area contributed by atoms with E-state index in [2.05, 4.69) is 36.7 Å². The van der Waals surface area contributed by atoms with E-state index in [0.717, 1.165) is 19.6 Å². The zero-order valence-electron chi connectivity index (χ0n) is 12.7. The maximum absolute atomic E-state index is 5.20. The summed E-state index contributed by atoms with van der Waals surface area (Å²) in [5.74, 6) is 0.690. The first kappa shape index (κ1) is 16.7. The number of thiophene rings is 1. The molecule has 0 radical (unpaired) electrons. The van der Waals surface area contributed by atoms with Gasteiger partial charge in [-0.15, -0.1) is 11.3 Å². The van der Waals surface area contributed by atoms with Gasteiger partial charge in [-0.1, -0.05) is 19.9 Å². The zero-order valence-corrected chi connectivity index (χ0v) is 13.5. The first-order chi connectivity index (χ1) is 9.27. The molecule has 0 spiro atoms. The average Bonchev–Trinajstić information content (AvgIpc) is 2.93. The molecule has 1 N–H and O–H groups in total. The number of aryl methyl sites for hydroxylation is 1. The molecule has 1 aromatic rings. The third kappa shape index (κ3) is 7.09. The first-order valence-corrected chi connectivity index (χ1v) is 8.40. The highest BCUT2D eigenvalue weighted by Gasteiger charge is 2.16. The molecule has 0 saturated carbocycles. The van der Waals surface area contributed by atoms with E-state index in [1.54, 1.807) is 7.11 Å². The van der Waals surface area contributed by atoms with Gasteiger partial charge in [0.15, 0.2) is 0 Å². The van der Waals surface area contributed by atoms with Crippen LogP contribution in [0.5, 0.6) is 0 Å². The van der Waals surface area contributed by atoms with Crippen molar-refractivity contribution < 1.29 is 4.74 Å². The van der Waals surface area contributed by atoms with Gasteiger partial charge in [0.25, 0.3) is 0 Å². The topological polar surface area (TPSA) is 21.3 Å². The maximum Gasteiger partial charge on any atom is 0.0465 e. The molecule has 1 heterocycles. The minimum absolute atomic E-state index is 0.634. The van der Waals surface area contributed by atoms with E-state index in [0.29, 0.717) is 12.0 Å². The van der Waals surface area contributed by atoms with Crippen LogP contribution in [0.15, 0.2) is 17.5 Å². The van der Waals surface area contributed by atoms with E-state index in [-0.39, 0.29) is 0 Å². The Morgan fingerprint density at radius 2 is 2.21 bits per heavy atom. The highest BCUT2D eigenvalue weighted by Crippen LogP contribution is 2.17. The molecule has 2 atom stereocenters. The molecule has 1 aromatic heterocycles. The quantitative estimate of drug-likeness (QED) is 0.660. The third-order valence-corrected chi connectivity index (χ3v) is 4.58. The number of methoxy groups -OCH3 is 1. The standard InChI is InChI=1S/C16H29NOS/c1-4-11-17-16(14(2)10-12-18-3)9-5-7-15-8-6-13-19-15/h6,8,13-14,16-17H,4-5,7,9-12H2,1-3H3. The Morgan fingerprint density at radius 1 is 1.37 bits per heavy atom. The lowest BCUT2D eigenvalue weighted by atomic mass is 9.93. The van der Waals surface area contributed by atoms with Gasteiger partial charge in [0.1, 0.15) is 0 Å². The fraction of sp³-hybridized carbons (Fsp3) is 0.750. The van der Waals surface area contributed by atoms with Crippen LogP contribution in [-0.4, -0.2) is 26.3 Å². The Bertz CT molecular complexity index is 300. The van der Waals surface area contributed by atoms with Gasteiger partial charge in [-0.3, -0.25) is 0 Å². The SMILES string of the molecule is CCCNC(CCCc1cccs1)C(C)CCOC. The molecule has 0 bridgehead atoms. The lowest BCUT2D eigenvalue weighted by Crippen LogP contribution is -2.36. The molecular weight excluding hydrogens is 254 g/mol. The van der Waals surface area contributed by atoms with Crippen molar-refractivity contribution >= 4 is 11.3 Å². The molecule has 0 aliphatic carbocycles. The zero-order chi connectivity index (χ0) is 13.9. The lowest BCUT2D eigenvalue weighted by Gasteiger charge is -2.25. The average molecular weight is 283 g/mol. The Hall–Kier alpha value is -0.380. The highest BCUT2D eigenvalue weighted by atomic mass is 32.1. The van der Waals surface area contributed by atoms with Gasteiger partial charge < -0.3 is 10.1 Å². The van der Waals surface area contributed by atoms with Crippen LogP contribution in [-0.2, 0) is 11.2 Å². The van der Waals surface area contributed by atoms with Crippen molar-refractivity contribution in [1.29, 1.82) is 0 Å². The predicted molar refractivity (Wildman–Crippen MR) is 85.0 cm³/mol. The van der Waals surface area contributed by atoms with E-state index in [1.165, 1.54) is 30.6 Å². The lowest BCUT2D eigenvalue weighted by molar-refractivity contribution is 0.168. The second kappa shape index (κ2) is 10.4. The number of rotatable bonds is 11. The summed E-state index contributed by atoms with van der Waals surface area (Å²) in [6, 6.07) is 5.02. The highest BCUT2D eigenvalue weighted by molar-refractivity contribution is 7.09. The molecule has 0 aromatic carbocycles. The Labute approximate surface area is 122 Å². The van der Waals surface area contributed by atoms with Crippen molar-refractivity contribution in [2.24, 2.45) is 5.92 Å². The number of hydrogen-bond donors (Lipinski definition) is 1. The van der Waals surface area contributed by atoms with Crippen LogP contribution in [0.2, 0.25) is 0 Å². The molecule has 2 nitrogen and oxygen atoms in total. The molecule has 0 saturated heterocycles. The fourth-order valence-electron chi connectivity index (χ4n) is 2.37. The van der Waals surface area contributed by atoms with Crippen molar-refractivity contribution in [2.45, 2.75) is 52.0 Å². The predicted octanol–water partition coefficient (Wildman–Crippen LogP) is 4.11. The monoisotopic (exact) mass is 283 g/mol. The summed E-state index contributed by atoms with van der Waals surface area (Å²) in [6.45, 7) is 6.57. The van der Waals surface area contributed by atoms with Crippen molar-refractivity contribution in [3.05, 3.63) is 22.4 Å². The summed E-state index contributed by atoms with van der Waals surface area (Å²) in [4.78, 5) is 1.51. The third-order valence-electron chi connectivity index (χ3n) is 3.64. The molecule has 3 heteroatoms. The Balaban J connectivity index is 2.30. The van der Waals surface area contributed by atoms with Crippen LogP contribution in [0.1, 0.15) is 44.4 Å². The van der Waals surface area contributed by atoms with Crippen LogP contribution < -0.4 is 5.32 Å². The fourth-order valence-corrected chi connectivity index (χ4v) is 3.12. The van der Waals surface area contributed by atoms with Crippen molar-refractivity contribution in [3.63, 3.8) is 0 Å². The smallest absolute Gasteiger partial charge is 0.0465 e. The van der Waals surface area contributed by atoms with Crippen LogP contribution >= 0.6 is 11.3 Å². The van der Waals surface area contributed by atoms with Crippen LogP contribution in [0.4, 0.5) is 0 Å². The maximum atomic E-state index is 5.20. The van der Waals surface area contributed by atoms with Gasteiger partial charge in [-0.05, 0) is 56.0 Å². The summed E-state index contributed by atoms with van der Waals surface area (Å²) in [5, 5.41) is 5.88. The minimum atomic E-state index is 0.634. The van der Waals surface area contributed by atoms with E-state index >= 15 is 0 Å². The summed E-state index contributed by atoms with van der Waals surface area (Å²) in [5.41, 5.74) is 0. The summed E-state index contributed by atoms with van der Waals surface area (Å²) in [6.07, 6.45) is 6.12. The van der Waals surface area contributed by atoms with Crippen LogP contribution in [0.25, 0.3) is 0 Å². The van der Waals surface area contributed by atoms with E-state index in [4.69, 9.17) is 4.74 Å². The molecule has 1 rings (SSSR count). The number of ether oxygens (including phenoxy) is 1. The Kier molecular flexibility index (Phi) is 9.14. The van der Waals surface area contributed by atoms with Crippen molar-refractivity contribution in [3.8, 4) is 0 Å². The molecule has 19 heavy (non-hydrogen) atoms. The van der Waals surface area contributed by atoms with Crippen molar-refractivity contribution in [2.75, 3.05) is 20.3 Å². The van der Waals surface area contributed by atoms with Gasteiger partial charge >= 0.3 is 0 Å². The van der Waals surface area contributed by atoms with Gasteiger partial charge in [0.2, 0.25) is 0 Å². The first-order valence-electron chi connectivity index (χ1n) is 7.52. The normalized spacial score (nSPS) is 14.5. The molecule has 0 amide bonds. The second-order valence-corrected chi connectivity index (χ2v) is 6.32. The van der Waals surface area contributed by atoms with Gasteiger partial charge in [0.05, 0.1) is 0 Å². The van der Waals surface area contributed by atoms with Gasteiger partial charge in [-0.2, -0.15) is 0 Å².